The van der Waals surface area contributed by atoms with E-state index in [-0.39, 0.29) is 0 Å². The third-order valence-electron chi connectivity index (χ3n) is 5.19. The van der Waals surface area contributed by atoms with Crippen LogP contribution in [0.4, 0.5) is 0 Å². The van der Waals surface area contributed by atoms with Crippen molar-refractivity contribution in [1.82, 2.24) is 9.88 Å². The van der Waals surface area contributed by atoms with E-state index in [1.807, 2.05) is 0 Å². The second-order valence-corrected chi connectivity index (χ2v) is 6.41. The lowest BCUT2D eigenvalue weighted by Crippen LogP contribution is -2.49. The number of hydrogen-bond acceptors (Lipinski definition) is 1. The Balaban J connectivity index is 1.81. The van der Waals surface area contributed by atoms with Crippen LogP contribution in [0.3, 0.4) is 0 Å². The predicted molar refractivity (Wildman–Crippen MR) is 89.0 cm³/mol. The fourth-order valence-electron chi connectivity index (χ4n) is 3.52. The zero-order chi connectivity index (χ0) is 14.9. The average Bonchev–Trinajstić information content (AvgIpc) is 2.74. The van der Waals surface area contributed by atoms with E-state index in [0.717, 1.165) is 6.54 Å². The number of para-hydroxylation sites is 1. The fraction of sp³-hybridized carbons (Fsp3) is 0.474. The zero-order valence-corrected chi connectivity index (χ0v) is 13.4. The van der Waals surface area contributed by atoms with Gasteiger partial charge in [-0.25, -0.2) is 0 Å². The lowest BCUT2D eigenvalue weighted by atomic mass is 9.75. The van der Waals surface area contributed by atoms with Crippen LogP contribution in [-0.4, -0.2) is 10.1 Å². The highest BCUT2D eigenvalue weighted by Gasteiger charge is 2.34. The van der Waals surface area contributed by atoms with E-state index >= 15 is 0 Å². The van der Waals surface area contributed by atoms with Gasteiger partial charge in [-0.2, -0.15) is 0 Å². The van der Waals surface area contributed by atoms with Crippen LogP contribution in [0.5, 0.6) is 0 Å². The third kappa shape index (κ3) is 2.65. The van der Waals surface area contributed by atoms with E-state index in [1.54, 1.807) is 0 Å². The van der Waals surface area contributed by atoms with Gasteiger partial charge in [0, 0.05) is 29.2 Å². The first-order valence-electron chi connectivity index (χ1n) is 8.13. The summed E-state index contributed by atoms with van der Waals surface area (Å²) in [5.74, 6) is 0. The molecule has 1 aliphatic rings. The van der Waals surface area contributed by atoms with E-state index in [1.165, 1.54) is 48.3 Å². The molecule has 1 aromatic carbocycles. The van der Waals surface area contributed by atoms with Crippen molar-refractivity contribution in [1.29, 1.82) is 0 Å². The molecule has 0 aliphatic heterocycles. The molecule has 112 valence electrons. The summed E-state index contributed by atoms with van der Waals surface area (Å²) in [7, 11) is 0. The molecule has 1 fully saturated rings. The van der Waals surface area contributed by atoms with E-state index in [2.05, 4.69) is 67.1 Å². The van der Waals surface area contributed by atoms with Crippen LogP contribution >= 0.6 is 0 Å². The van der Waals surface area contributed by atoms with Crippen molar-refractivity contribution in [2.24, 2.45) is 0 Å². The van der Waals surface area contributed by atoms with Gasteiger partial charge in [0.1, 0.15) is 0 Å². The highest BCUT2D eigenvalue weighted by Crippen LogP contribution is 2.35. The van der Waals surface area contributed by atoms with E-state index in [0.29, 0.717) is 5.54 Å². The van der Waals surface area contributed by atoms with Crippen LogP contribution in [0.2, 0.25) is 0 Å². The summed E-state index contributed by atoms with van der Waals surface area (Å²) in [6.07, 6.45) is 5.29. The van der Waals surface area contributed by atoms with Gasteiger partial charge in [-0.3, -0.25) is 0 Å². The summed E-state index contributed by atoms with van der Waals surface area (Å²) in [4.78, 5) is 0. The summed E-state index contributed by atoms with van der Waals surface area (Å²) in [6.45, 7) is 7.72. The summed E-state index contributed by atoms with van der Waals surface area (Å²) >= 11 is 0. The van der Waals surface area contributed by atoms with Crippen molar-refractivity contribution in [3.05, 3.63) is 53.3 Å². The van der Waals surface area contributed by atoms with Crippen molar-refractivity contribution >= 4 is 0 Å². The number of nitrogens with zero attached hydrogens (tertiary/aromatic N) is 1. The Labute approximate surface area is 128 Å². The van der Waals surface area contributed by atoms with Crippen molar-refractivity contribution in [3.8, 4) is 5.69 Å². The lowest BCUT2D eigenvalue weighted by Gasteiger charge is -2.42. The Morgan fingerprint density at radius 2 is 1.86 bits per heavy atom. The Bertz CT molecular complexity index is 600. The summed E-state index contributed by atoms with van der Waals surface area (Å²) in [6, 6.07) is 13.0. The van der Waals surface area contributed by atoms with Crippen molar-refractivity contribution in [3.63, 3.8) is 0 Å². The number of nitrogens with one attached hydrogen (secondary N) is 1. The molecule has 0 unspecified atom stereocenters. The largest absolute Gasteiger partial charge is 0.318 e. The fourth-order valence-corrected chi connectivity index (χ4v) is 3.52. The molecule has 1 N–H and O–H groups in total. The second kappa shape index (κ2) is 5.69. The molecule has 0 radical (unpaired) electrons. The first-order valence-corrected chi connectivity index (χ1v) is 8.13. The number of aryl methyl sites for hydroxylation is 1. The molecule has 0 spiro atoms. The molecular formula is C19H26N2. The minimum Gasteiger partial charge on any atom is -0.318 e. The molecule has 0 atom stereocenters. The summed E-state index contributed by atoms with van der Waals surface area (Å²) < 4.78 is 2.36. The van der Waals surface area contributed by atoms with Crippen LogP contribution in [-0.2, 0) is 6.54 Å². The van der Waals surface area contributed by atoms with Crippen molar-refractivity contribution in [2.75, 3.05) is 0 Å². The lowest BCUT2D eigenvalue weighted by molar-refractivity contribution is 0.175. The summed E-state index contributed by atoms with van der Waals surface area (Å²) in [5, 5.41) is 3.82. The van der Waals surface area contributed by atoms with Gasteiger partial charge in [0.05, 0.1) is 0 Å². The molecule has 3 rings (SSSR count). The van der Waals surface area contributed by atoms with Gasteiger partial charge in [0.2, 0.25) is 0 Å². The topological polar surface area (TPSA) is 17.0 Å². The Morgan fingerprint density at radius 1 is 1.14 bits per heavy atom. The molecule has 1 saturated carbocycles. The van der Waals surface area contributed by atoms with Crippen molar-refractivity contribution < 1.29 is 0 Å². The van der Waals surface area contributed by atoms with Gasteiger partial charge in [-0.05, 0) is 63.3 Å². The van der Waals surface area contributed by atoms with Gasteiger partial charge in [0.15, 0.2) is 0 Å². The zero-order valence-electron chi connectivity index (χ0n) is 13.4. The van der Waals surface area contributed by atoms with Gasteiger partial charge in [0.25, 0.3) is 0 Å². The highest BCUT2D eigenvalue weighted by molar-refractivity contribution is 5.41. The average molecular weight is 282 g/mol. The van der Waals surface area contributed by atoms with Gasteiger partial charge < -0.3 is 9.88 Å². The van der Waals surface area contributed by atoms with E-state index in [4.69, 9.17) is 0 Å². The Morgan fingerprint density at radius 3 is 2.43 bits per heavy atom. The van der Waals surface area contributed by atoms with Crippen molar-refractivity contribution in [2.45, 2.75) is 58.5 Å². The van der Waals surface area contributed by atoms with Crippen LogP contribution in [0, 0.1) is 13.8 Å². The third-order valence-corrected chi connectivity index (χ3v) is 5.19. The molecule has 0 saturated heterocycles. The van der Waals surface area contributed by atoms with Gasteiger partial charge in [-0.1, -0.05) is 25.1 Å². The summed E-state index contributed by atoms with van der Waals surface area (Å²) in [5.41, 5.74) is 5.77. The number of benzene rings is 1. The maximum atomic E-state index is 3.82. The second-order valence-electron chi connectivity index (χ2n) is 6.41. The number of rotatable bonds is 5. The maximum absolute atomic E-state index is 3.82. The Kier molecular flexibility index (Phi) is 3.90. The van der Waals surface area contributed by atoms with Crippen LogP contribution < -0.4 is 5.32 Å². The Hall–Kier alpha value is -1.54. The molecule has 2 nitrogen and oxygen atoms in total. The number of aromatic nitrogens is 1. The minimum atomic E-state index is 0.412. The van der Waals surface area contributed by atoms with E-state index < -0.39 is 0 Å². The molecule has 2 aromatic rings. The first kappa shape index (κ1) is 14.4. The molecule has 0 amide bonds. The standard InChI is InChI=1S/C19H26N2/c1-4-19(11-8-12-19)20-14-17-13-15(2)21(16(17)3)18-9-6-5-7-10-18/h5-7,9-10,13,20H,4,8,11-12,14H2,1-3H3. The minimum absolute atomic E-state index is 0.412. The quantitative estimate of drug-likeness (QED) is 0.853. The maximum Gasteiger partial charge on any atom is 0.0455 e. The molecule has 2 heteroatoms. The smallest absolute Gasteiger partial charge is 0.0455 e. The van der Waals surface area contributed by atoms with Gasteiger partial charge >= 0.3 is 0 Å². The SMILES string of the molecule is CCC1(NCc2cc(C)n(-c3ccccc3)c2C)CCC1. The molecular weight excluding hydrogens is 256 g/mol. The predicted octanol–water partition coefficient (Wildman–Crippen LogP) is 4.52. The molecule has 1 aromatic heterocycles. The van der Waals surface area contributed by atoms with Crippen LogP contribution in [0.1, 0.15) is 49.6 Å². The van der Waals surface area contributed by atoms with Crippen LogP contribution in [0.15, 0.2) is 36.4 Å². The molecule has 21 heavy (non-hydrogen) atoms. The van der Waals surface area contributed by atoms with E-state index in [9.17, 15) is 0 Å². The molecule has 1 aliphatic carbocycles. The molecule has 1 heterocycles. The number of hydrogen-bond donors (Lipinski definition) is 1. The van der Waals surface area contributed by atoms with Crippen LogP contribution in [0.25, 0.3) is 5.69 Å². The normalized spacial score (nSPS) is 16.7. The monoisotopic (exact) mass is 282 g/mol. The van der Waals surface area contributed by atoms with Gasteiger partial charge in [-0.15, -0.1) is 0 Å². The first-order chi connectivity index (χ1) is 10.2. The highest BCUT2D eigenvalue weighted by atomic mass is 15.0. The molecule has 0 bridgehead atoms.